The number of hydrogen-bond acceptors (Lipinski definition) is 2. The average molecular weight is 415 g/mol. The van der Waals surface area contributed by atoms with E-state index >= 15 is 0 Å². The number of imidazole rings is 1. The van der Waals surface area contributed by atoms with E-state index < -0.39 is 0 Å². The van der Waals surface area contributed by atoms with Gasteiger partial charge in [-0.3, -0.25) is 0 Å². The van der Waals surface area contributed by atoms with Gasteiger partial charge in [-0.2, -0.15) is 0 Å². The molecule has 31 heavy (non-hydrogen) atoms. The Morgan fingerprint density at radius 3 is 2.71 bits per heavy atom. The molecule has 1 N–H and O–H groups in total. The molecule has 4 aromatic rings. The minimum atomic E-state index is 0.935. The lowest BCUT2D eigenvalue weighted by molar-refractivity contribution is 0.209. The van der Waals surface area contributed by atoms with Gasteiger partial charge in [0.05, 0.1) is 11.0 Å². The summed E-state index contributed by atoms with van der Waals surface area (Å²) in [6, 6.07) is 13.3. The maximum atomic E-state index is 4.91. The molecule has 0 radical (unpaired) electrons. The van der Waals surface area contributed by atoms with Gasteiger partial charge in [0, 0.05) is 23.8 Å². The third kappa shape index (κ3) is 4.27. The maximum absolute atomic E-state index is 4.91. The van der Waals surface area contributed by atoms with Crippen LogP contribution in [-0.2, 0) is 6.54 Å². The number of aromatic nitrogens is 3. The van der Waals surface area contributed by atoms with Crippen molar-refractivity contribution >= 4 is 21.9 Å². The van der Waals surface area contributed by atoms with Crippen molar-refractivity contribution < 1.29 is 0 Å². The Bertz CT molecular complexity index is 1190. The van der Waals surface area contributed by atoms with E-state index in [4.69, 9.17) is 4.98 Å². The molecule has 1 saturated heterocycles. The van der Waals surface area contributed by atoms with Crippen LogP contribution in [0.15, 0.2) is 42.6 Å². The van der Waals surface area contributed by atoms with Crippen LogP contribution in [0.2, 0.25) is 0 Å². The van der Waals surface area contributed by atoms with E-state index in [2.05, 4.69) is 77.9 Å². The highest BCUT2D eigenvalue weighted by Gasteiger charge is 2.16. The first-order valence-electron chi connectivity index (χ1n) is 11.8. The number of H-pyrrole nitrogens is 1. The average Bonchev–Trinajstić information content (AvgIpc) is 3.36. The Hall–Kier alpha value is -2.59. The number of nitrogens with zero attached hydrogens (tertiary/aromatic N) is 3. The number of hydrogen-bond donors (Lipinski definition) is 1. The largest absolute Gasteiger partial charge is 0.347 e. The highest BCUT2D eigenvalue weighted by atomic mass is 15.1. The number of piperidine rings is 1. The molecule has 1 fully saturated rings. The summed E-state index contributed by atoms with van der Waals surface area (Å²) in [5, 5.41) is 1.31. The summed E-state index contributed by atoms with van der Waals surface area (Å²) in [4.78, 5) is 10.9. The first kappa shape index (κ1) is 20.3. The standard InChI is InChI=1S/C27H34N4/c1-19-16-20(2)26-24(17-19)28-27(29-26)23-8-7-22-11-15-31(25(22)18-23)12-5-4-6-21-9-13-30(3)14-10-21/h7-8,11,15-18,21H,4-6,9-10,12-14H2,1-3H3,(H,28,29). The summed E-state index contributed by atoms with van der Waals surface area (Å²) >= 11 is 0. The van der Waals surface area contributed by atoms with E-state index in [1.54, 1.807) is 0 Å². The molecule has 3 heterocycles. The Labute approximate surface area is 185 Å². The van der Waals surface area contributed by atoms with Crippen molar-refractivity contribution in [2.75, 3.05) is 20.1 Å². The van der Waals surface area contributed by atoms with Gasteiger partial charge in [-0.05, 0) is 93.9 Å². The van der Waals surface area contributed by atoms with Gasteiger partial charge in [-0.15, -0.1) is 0 Å². The summed E-state index contributed by atoms with van der Waals surface area (Å²) < 4.78 is 2.42. The fourth-order valence-corrected chi connectivity index (χ4v) is 5.20. The van der Waals surface area contributed by atoms with E-state index in [9.17, 15) is 0 Å². The second kappa shape index (κ2) is 8.51. The highest BCUT2D eigenvalue weighted by Crippen LogP contribution is 2.28. The van der Waals surface area contributed by atoms with Crippen LogP contribution in [0.3, 0.4) is 0 Å². The molecule has 5 rings (SSSR count). The van der Waals surface area contributed by atoms with Crippen LogP contribution < -0.4 is 0 Å². The van der Waals surface area contributed by atoms with Crippen molar-refractivity contribution in [3.8, 4) is 11.4 Å². The number of unbranched alkanes of at least 4 members (excludes halogenated alkanes) is 1. The monoisotopic (exact) mass is 414 g/mol. The van der Waals surface area contributed by atoms with Crippen molar-refractivity contribution in [3.63, 3.8) is 0 Å². The molecule has 2 aromatic carbocycles. The predicted molar refractivity (Wildman–Crippen MR) is 131 cm³/mol. The summed E-state index contributed by atoms with van der Waals surface area (Å²) in [5.41, 5.74) is 7.16. The van der Waals surface area contributed by atoms with Crippen LogP contribution in [0.4, 0.5) is 0 Å². The van der Waals surface area contributed by atoms with E-state index in [-0.39, 0.29) is 0 Å². The van der Waals surface area contributed by atoms with Gasteiger partial charge < -0.3 is 14.5 Å². The van der Waals surface area contributed by atoms with Gasteiger partial charge in [-0.25, -0.2) is 4.98 Å². The molecule has 1 aliphatic rings. The van der Waals surface area contributed by atoms with E-state index in [0.717, 1.165) is 34.9 Å². The number of aromatic amines is 1. The predicted octanol–water partition coefficient (Wildman–Crippen LogP) is 6.31. The number of fused-ring (bicyclic) bond motifs is 2. The van der Waals surface area contributed by atoms with E-state index in [1.165, 1.54) is 67.2 Å². The first-order chi connectivity index (χ1) is 15.1. The number of rotatable bonds is 6. The first-order valence-corrected chi connectivity index (χ1v) is 11.8. The minimum Gasteiger partial charge on any atom is -0.347 e. The van der Waals surface area contributed by atoms with Gasteiger partial charge in [0.2, 0.25) is 0 Å². The van der Waals surface area contributed by atoms with E-state index in [0.29, 0.717) is 0 Å². The number of nitrogens with one attached hydrogen (secondary N) is 1. The van der Waals surface area contributed by atoms with Gasteiger partial charge in [-0.1, -0.05) is 31.0 Å². The SMILES string of the molecule is Cc1cc(C)c2nc(-c3ccc4ccn(CCCCC5CCN(C)CC5)c4c3)[nH]c2c1. The quantitative estimate of drug-likeness (QED) is 0.375. The van der Waals surface area contributed by atoms with Crippen molar-refractivity contribution in [3.05, 3.63) is 53.7 Å². The molecule has 0 spiro atoms. The summed E-state index contributed by atoms with van der Waals surface area (Å²) in [7, 11) is 2.25. The zero-order valence-electron chi connectivity index (χ0n) is 19.1. The van der Waals surface area contributed by atoms with Crippen LogP contribution in [0, 0.1) is 19.8 Å². The summed E-state index contributed by atoms with van der Waals surface area (Å²) in [6.45, 7) is 7.92. The molecule has 4 heteroatoms. The summed E-state index contributed by atoms with van der Waals surface area (Å²) in [6.07, 6.45) is 8.97. The molecule has 0 saturated carbocycles. The Morgan fingerprint density at radius 1 is 1.03 bits per heavy atom. The Morgan fingerprint density at radius 2 is 1.87 bits per heavy atom. The molecule has 0 amide bonds. The fourth-order valence-electron chi connectivity index (χ4n) is 5.20. The highest BCUT2D eigenvalue weighted by molar-refractivity contribution is 5.87. The van der Waals surface area contributed by atoms with Crippen molar-refractivity contribution in [2.24, 2.45) is 5.92 Å². The number of likely N-dealkylation sites (tertiary alicyclic amines) is 1. The van der Waals surface area contributed by atoms with Crippen LogP contribution in [0.25, 0.3) is 33.3 Å². The van der Waals surface area contributed by atoms with Gasteiger partial charge >= 0.3 is 0 Å². The van der Waals surface area contributed by atoms with Crippen LogP contribution in [0.1, 0.15) is 43.2 Å². The normalized spacial score (nSPS) is 16.0. The topological polar surface area (TPSA) is 36.9 Å². The zero-order valence-corrected chi connectivity index (χ0v) is 19.1. The minimum absolute atomic E-state index is 0.935. The maximum Gasteiger partial charge on any atom is 0.138 e. The van der Waals surface area contributed by atoms with Crippen molar-refractivity contribution in [1.82, 2.24) is 19.4 Å². The molecular weight excluding hydrogens is 380 g/mol. The lowest BCUT2D eigenvalue weighted by Crippen LogP contribution is -2.30. The second-order valence-electron chi connectivity index (χ2n) is 9.59. The lowest BCUT2D eigenvalue weighted by Gasteiger charge is -2.28. The third-order valence-corrected chi connectivity index (χ3v) is 7.07. The summed E-state index contributed by atoms with van der Waals surface area (Å²) in [5.74, 6) is 1.89. The van der Waals surface area contributed by atoms with Crippen molar-refractivity contribution in [1.29, 1.82) is 0 Å². The van der Waals surface area contributed by atoms with Crippen LogP contribution >= 0.6 is 0 Å². The molecular formula is C27H34N4. The molecule has 4 nitrogen and oxygen atoms in total. The molecule has 0 unspecified atom stereocenters. The molecule has 0 aliphatic carbocycles. The Kier molecular flexibility index (Phi) is 5.58. The van der Waals surface area contributed by atoms with Gasteiger partial charge in [0.1, 0.15) is 5.82 Å². The molecule has 0 bridgehead atoms. The molecule has 2 aromatic heterocycles. The zero-order chi connectivity index (χ0) is 21.4. The third-order valence-electron chi connectivity index (χ3n) is 7.07. The fraction of sp³-hybridized carbons (Fsp3) is 0.444. The second-order valence-corrected chi connectivity index (χ2v) is 9.59. The molecule has 0 atom stereocenters. The number of aryl methyl sites for hydroxylation is 3. The smallest absolute Gasteiger partial charge is 0.138 e. The molecule has 162 valence electrons. The van der Waals surface area contributed by atoms with E-state index in [1.807, 2.05) is 0 Å². The van der Waals surface area contributed by atoms with Crippen LogP contribution in [-0.4, -0.2) is 39.6 Å². The van der Waals surface area contributed by atoms with Gasteiger partial charge in [0.25, 0.3) is 0 Å². The van der Waals surface area contributed by atoms with Gasteiger partial charge in [0.15, 0.2) is 0 Å². The Balaban J connectivity index is 1.30. The van der Waals surface area contributed by atoms with Crippen molar-refractivity contribution in [2.45, 2.75) is 52.5 Å². The lowest BCUT2D eigenvalue weighted by atomic mass is 9.92. The number of benzene rings is 2. The molecule has 1 aliphatic heterocycles. The van der Waals surface area contributed by atoms with Crippen LogP contribution in [0.5, 0.6) is 0 Å².